The lowest BCUT2D eigenvalue weighted by Crippen LogP contribution is -2.42. The Hall–Kier alpha value is -3.58. The number of piperidine rings is 1. The summed E-state index contributed by atoms with van der Waals surface area (Å²) in [6.45, 7) is 0.804. The summed E-state index contributed by atoms with van der Waals surface area (Å²) >= 11 is 0. The van der Waals surface area contributed by atoms with Crippen LogP contribution in [0.2, 0.25) is 0 Å². The van der Waals surface area contributed by atoms with Gasteiger partial charge in [-0.1, -0.05) is 65.0 Å². The summed E-state index contributed by atoms with van der Waals surface area (Å²) in [5, 5.41) is 18.0. The van der Waals surface area contributed by atoms with Gasteiger partial charge >= 0.3 is 0 Å². The van der Waals surface area contributed by atoms with Crippen LogP contribution in [0.15, 0.2) is 78.9 Å². The van der Waals surface area contributed by atoms with Gasteiger partial charge in [0.1, 0.15) is 23.4 Å². The Morgan fingerprint density at radius 2 is 1.16 bits per heavy atom. The van der Waals surface area contributed by atoms with Gasteiger partial charge in [-0.2, -0.15) is 0 Å². The van der Waals surface area contributed by atoms with Crippen molar-refractivity contribution < 1.29 is 0 Å². The number of aromatic nitrogens is 6. The average molecular weight is 409 g/mol. The molecule has 0 unspecified atom stereocenters. The molecule has 5 aromatic rings. The van der Waals surface area contributed by atoms with Crippen LogP contribution in [0.4, 0.5) is 0 Å². The lowest BCUT2D eigenvalue weighted by Gasteiger charge is -2.42. The van der Waals surface area contributed by atoms with E-state index in [1.165, 1.54) is 5.56 Å². The van der Waals surface area contributed by atoms with Crippen LogP contribution < -0.4 is 0 Å². The van der Waals surface area contributed by atoms with Crippen molar-refractivity contribution in [3.8, 4) is 0 Å². The topological polar surface area (TPSA) is 64.7 Å². The van der Waals surface area contributed by atoms with Crippen LogP contribution in [-0.2, 0) is 6.54 Å². The third kappa shape index (κ3) is 3.18. The number of rotatable bonds is 4. The zero-order chi connectivity index (χ0) is 20.6. The maximum absolute atomic E-state index is 4.57. The first-order valence-corrected chi connectivity index (χ1v) is 10.8. The Labute approximate surface area is 179 Å². The van der Waals surface area contributed by atoms with E-state index in [1.54, 1.807) is 0 Å². The van der Waals surface area contributed by atoms with Crippen LogP contribution in [0.25, 0.3) is 22.1 Å². The highest BCUT2D eigenvalue weighted by Gasteiger charge is 2.35. The molecule has 7 heteroatoms. The van der Waals surface area contributed by atoms with Gasteiger partial charge in [-0.3, -0.25) is 4.90 Å². The molecule has 1 aliphatic heterocycles. The molecule has 154 valence electrons. The van der Waals surface area contributed by atoms with Crippen molar-refractivity contribution >= 4 is 22.1 Å². The van der Waals surface area contributed by atoms with Gasteiger partial charge in [0.25, 0.3) is 0 Å². The Kier molecular flexibility index (Phi) is 4.46. The van der Waals surface area contributed by atoms with E-state index in [9.17, 15) is 0 Å². The summed E-state index contributed by atoms with van der Waals surface area (Å²) in [6.07, 6.45) is 3.30. The zero-order valence-corrected chi connectivity index (χ0v) is 17.1. The minimum atomic E-state index is 0.0920. The van der Waals surface area contributed by atoms with E-state index in [-0.39, 0.29) is 12.3 Å². The molecule has 3 heterocycles. The number of hydrogen-bond donors (Lipinski definition) is 0. The van der Waals surface area contributed by atoms with E-state index in [4.69, 9.17) is 0 Å². The predicted octanol–water partition coefficient (Wildman–Crippen LogP) is 4.56. The quantitative estimate of drug-likeness (QED) is 0.435. The van der Waals surface area contributed by atoms with Crippen molar-refractivity contribution in [3.05, 3.63) is 84.4 Å². The normalized spacial score (nSPS) is 19.9. The molecule has 2 aromatic heterocycles. The van der Waals surface area contributed by atoms with Crippen LogP contribution >= 0.6 is 0 Å². The lowest BCUT2D eigenvalue weighted by atomic mass is 10.0. The van der Waals surface area contributed by atoms with Gasteiger partial charge in [-0.05, 0) is 49.1 Å². The monoisotopic (exact) mass is 409 g/mol. The molecule has 0 aliphatic carbocycles. The second-order valence-corrected chi connectivity index (χ2v) is 8.10. The second kappa shape index (κ2) is 7.59. The van der Waals surface area contributed by atoms with Crippen molar-refractivity contribution in [2.45, 2.75) is 38.1 Å². The second-order valence-electron chi connectivity index (χ2n) is 8.10. The van der Waals surface area contributed by atoms with Crippen molar-refractivity contribution in [3.63, 3.8) is 0 Å². The van der Waals surface area contributed by atoms with E-state index < -0.39 is 0 Å². The largest absolute Gasteiger partial charge is 0.255 e. The molecule has 0 radical (unpaired) electrons. The number of fused-ring (bicyclic) bond motifs is 2. The zero-order valence-electron chi connectivity index (χ0n) is 17.1. The first kappa shape index (κ1) is 18.2. The SMILES string of the molecule is c1ccc(CN2[C@H](n3nnc4ccccc43)CCC[C@H]2n2nnc3ccccc32)cc1. The molecule has 0 N–H and O–H groups in total. The third-order valence-electron chi connectivity index (χ3n) is 6.22. The van der Waals surface area contributed by atoms with Crippen LogP contribution in [0, 0.1) is 0 Å². The molecule has 3 aromatic carbocycles. The molecular formula is C24H23N7. The summed E-state index contributed by atoms with van der Waals surface area (Å²) in [6, 6.07) is 27.0. The highest BCUT2D eigenvalue weighted by molar-refractivity contribution is 5.74. The molecule has 0 spiro atoms. The smallest absolute Gasteiger partial charge is 0.113 e. The standard InChI is InChI=1S/C24H23N7/c1-2-9-18(10-3-1)17-29-23(30-21-13-6-4-11-19(21)25-27-30)15-8-16-24(29)31-22-14-7-5-12-20(22)26-28-31/h1-7,9-14,23-24H,8,15-17H2/t23-,24-/m1/s1. The van der Waals surface area contributed by atoms with E-state index in [0.717, 1.165) is 47.9 Å². The van der Waals surface area contributed by atoms with E-state index in [1.807, 2.05) is 24.3 Å². The van der Waals surface area contributed by atoms with Gasteiger partial charge in [-0.15, -0.1) is 10.2 Å². The molecule has 0 amide bonds. The van der Waals surface area contributed by atoms with E-state index in [2.05, 4.69) is 89.5 Å². The maximum atomic E-state index is 4.57. The molecule has 1 fully saturated rings. The third-order valence-corrected chi connectivity index (χ3v) is 6.22. The molecule has 6 rings (SSSR count). The fourth-order valence-electron chi connectivity index (χ4n) is 4.76. The van der Waals surface area contributed by atoms with Crippen molar-refractivity contribution in [2.75, 3.05) is 0 Å². The van der Waals surface area contributed by atoms with Gasteiger partial charge in [0.15, 0.2) is 0 Å². The van der Waals surface area contributed by atoms with Crippen LogP contribution in [0.3, 0.4) is 0 Å². The summed E-state index contributed by atoms with van der Waals surface area (Å²) in [7, 11) is 0. The molecule has 1 saturated heterocycles. The average Bonchev–Trinajstić information content (AvgIpc) is 3.45. The highest BCUT2D eigenvalue weighted by atomic mass is 15.6. The number of hydrogen-bond acceptors (Lipinski definition) is 5. The minimum absolute atomic E-state index is 0.0920. The molecular weight excluding hydrogens is 386 g/mol. The predicted molar refractivity (Wildman–Crippen MR) is 119 cm³/mol. The Balaban J connectivity index is 1.47. The molecule has 7 nitrogen and oxygen atoms in total. The van der Waals surface area contributed by atoms with Gasteiger partial charge in [0, 0.05) is 6.54 Å². The molecule has 0 saturated carbocycles. The fraction of sp³-hybridized carbons (Fsp3) is 0.250. The van der Waals surface area contributed by atoms with Gasteiger partial charge < -0.3 is 0 Å². The molecule has 1 aliphatic rings. The van der Waals surface area contributed by atoms with Crippen LogP contribution in [0.5, 0.6) is 0 Å². The van der Waals surface area contributed by atoms with Crippen molar-refractivity contribution in [1.29, 1.82) is 0 Å². The summed E-state index contributed by atoms with van der Waals surface area (Å²) in [4.78, 5) is 2.50. The summed E-state index contributed by atoms with van der Waals surface area (Å²) < 4.78 is 4.17. The van der Waals surface area contributed by atoms with Gasteiger partial charge in [-0.25, -0.2) is 9.36 Å². The number of likely N-dealkylation sites (tertiary alicyclic amines) is 1. The lowest BCUT2D eigenvalue weighted by molar-refractivity contribution is -0.0143. The van der Waals surface area contributed by atoms with E-state index >= 15 is 0 Å². The first-order chi connectivity index (χ1) is 15.4. The maximum Gasteiger partial charge on any atom is 0.113 e. The van der Waals surface area contributed by atoms with Gasteiger partial charge in [0.2, 0.25) is 0 Å². The highest BCUT2D eigenvalue weighted by Crippen LogP contribution is 2.39. The fourth-order valence-corrected chi connectivity index (χ4v) is 4.76. The first-order valence-electron chi connectivity index (χ1n) is 10.8. The minimum Gasteiger partial charge on any atom is -0.255 e. The van der Waals surface area contributed by atoms with E-state index in [0.29, 0.717) is 0 Å². The number of benzene rings is 3. The Morgan fingerprint density at radius 3 is 1.74 bits per heavy atom. The van der Waals surface area contributed by atoms with Crippen LogP contribution in [-0.4, -0.2) is 34.9 Å². The number of para-hydroxylation sites is 2. The Bertz CT molecular complexity index is 1240. The molecule has 31 heavy (non-hydrogen) atoms. The summed E-state index contributed by atoms with van der Waals surface area (Å²) in [5.41, 5.74) is 5.25. The molecule has 2 atom stereocenters. The van der Waals surface area contributed by atoms with Crippen molar-refractivity contribution in [1.82, 2.24) is 34.9 Å². The molecule has 0 bridgehead atoms. The van der Waals surface area contributed by atoms with Crippen molar-refractivity contribution in [2.24, 2.45) is 0 Å². The van der Waals surface area contributed by atoms with Crippen LogP contribution in [0.1, 0.15) is 37.2 Å². The van der Waals surface area contributed by atoms with Gasteiger partial charge in [0.05, 0.1) is 11.0 Å². The summed E-state index contributed by atoms with van der Waals surface area (Å²) in [5.74, 6) is 0. The Morgan fingerprint density at radius 1 is 0.645 bits per heavy atom. The number of nitrogens with zero attached hydrogens (tertiary/aromatic N) is 7.